The molecule has 0 atom stereocenters. The van der Waals surface area contributed by atoms with Crippen molar-refractivity contribution in [2.45, 2.75) is 33.1 Å². The average Bonchev–Trinajstić information content (AvgIpc) is 2.79. The number of para-hydroxylation sites is 1. The van der Waals surface area contributed by atoms with Crippen molar-refractivity contribution in [3.8, 4) is 17.2 Å². The summed E-state index contributed by atoms with van der Waals surface area (Å²) in [7, 11) is 0. The smallest absolute Gasteiger partial charge is 0.251 e. The fraction of sp³-hybridized carbons (Fsp3) is 0.429. The minimum atomic E-state index is -0.147. The summed E-state index contributed by atoms with van der Waals surface area (Å²) in [5.74, 6) is 1.90. The molecule has 1 aromatic carbocycles. The molecule has 0 aliphatic carbocycles. The maximum atomic E-state index is 5.72. The Bertz CT molecular complexity index is 527. The van der Waals surface area contributed by atoms with Gasteiger partial charge in [-0.25, -0.2) is 0 Å². The van der Waals surface area contributed by atoms with Gasteiger partial charge in [0.25, 0.3) is 5.89 Å². The molecule has 18 heavy (non-hydrogen) atoms. The van der Waals surface area contributed by atoms with Crippen LogP contribution in [-0.2, 0) is 5.41 Å². The summed E-state index contributed by atoms with van der Waals surface area (Å²) in [6.07, 6.45) is 0. The van der Waals surface area contributed by atoms with Gasteiger partial charge in [0.05, 0.1) is 12.2 Å². The van der Waals surface area contributed by atoms with Gasteiger partial charge >= 0.3 is 0 Å². The van der Waals surface area contributed by atoms with Crippen LogP contribution in [0, 0.1) is 0 Å². The zero-order valence-electron chi connectivity index (χ0n) is 11.2. The van der Waals surface area contributed by atoms with Gasteiger partial charge in [-0.1, -0.05) is 32.9 Å². The molecule has 4 nitrogen and oxygen atoms in total. The Morgan fingerprint density at radius 1 is 1.17 bits per heavy atom. The lowest BCUT2D eigenvalue weighted by Crippen LogP contribution is -2.11. The van der Waals surface area contributed by atoms with Crippen molar-refractivity contribution in [2.75, 3.05) is 6.61 Å². The molecule has 0 N–H and O–H groups in total. The van der Waals surface area contributed by atoms with E-state index in [2.05, 4.69) is 10.2 Å². The normalized spacial score (nSPS) is 11.6. The first-order valence-corrected chi connectivity index (χ1v) is 6.08. The predicted molar refractivity (Wildman–Crippen MR) is 69.6 cm³/mol. The van der Waals surface area contributed by atoms with E-state index in [0.717, 1.165) is 11.3 Å². The SMILES string of the molecule is CCOc1ccccc1-c1nnc(C(C)(C)C)o1. The molecule has 0 aliphatic rings. The molecule has 2 rings (SSSR count). The molecule has 0 fully saturated rings. The van der Waals surface area contributed by atoms with Crippen LogP contribution in [0.3, 0.4) is 0 Å². The van der Waals surface area contributed by atoms with Crippen LogP contribution in [0.4, 0.5) is 0 Å². The molecule has 1 aromatic heterocycles. The minimum Gasteiger partial charge on any atom is -0.493 e. The first kappa shape index (κ1) is 12.6. The van der Waals surface area contributed by atoms with E-state index >= 15 is 0 Å². The second-order valence-electron chi connectivity index (χ2n) is 5.09. The van der Waals surface area contributed by atoms with E-state index in [1.165, 1.54) is 0 Å². The highest BCUT2D eigenvalue weighted by Gasteiger charge is 2.22. The van der Waals surface area contributed by atoms with Gasteiger partial charge in [-0.2, -0.15) is 0 Å². The Hall–Kier alpha value is -1.84. The van der Waals surface area contributed by atoms with Crippen molar-refractivity contribution in [3.63, 3.8) is 0 Å². The summed E-state index contributed by atoms with van der Waals surface area (Å²) >= 11 is 0. The third-order valence-corrected chi connectivity index (χ3v) is 2.48. The number of hydrogen-bond donors (Lipinski definition) is 0. The van der Waals surface area contributed by atoms with Crippen molar-refractivity contribution in [2.24, 2.45) is 0 Å². The number of hydrogen-bond acceptors (Lipinski definition) is 4. The summed E-state index contributed by atoms with van der Waals surface area (Å²) in [5, 5.41) is 8.19. The molecule has 0 spiro atoms. The molecule has 0 saturated carbocycles. The van der Waals surface area contributed by atoms with Crippen molar-refractivity contribution in [1.29, 1.82) is 0 Å². The molecule has 0 saturated heterocycles. The van der Waals surface area contributed by atoms with Crippen molar-refractivity contribution in [3.05, 3.63) is 30.2 Å². The van der Waals surface area contributed by atoms with Crippen LogP contribution in [0.15, 0.2) is 28.7 Å². The highest BCUT2D eigenvalue weighted by atomic mass is 16.5. The standard InChI is InChI=1S/C14H18N2O2/c1-5-17-11-9-7-6-8-10(11)12-15-16-13(18-12)14(2,3)4/h6-9H,5H2,1-4H3. The molecular weight excluding hydrogens is 228 g/mol. The summed E-state index contributed by atoms with van der Waals surface area (Å²) in [6, 6.07) is 7.68. The lowest BCUT2D eigenvalue weighted by molar-refractivity contribution is 0.339. The maximum absolute atomic E-state index is 5.72. The van der Waals surface area contributed by atoms with Crippen LogP contribution < -0.4 is 4.74 Å². The van der Waals surface area contributed by atoms with E-state index in [1.54, 1.807) is 0 Å². The summed E-state index contributed by atoms with van der Waals surface area (Å²) in [5.41, 5.74) is 0.688. The third-order valence-electron chi connectivity index (χ3n) is 2.48. The molecule has 0 unspecified atom stereocenters. The molecule has 4 heteroatoms. The molecule has 0 bridgehead atoms. The monoisotopic (exact) mass is 246 g/mol. The maximum Gasteiger partial charge on any atom is 0.251 e. The van der Waals surface area contributed by atoms with Crippen molar-refractivity contribution < 1.29 is 9.15 Å². The summed E-state index contributed by atoms with van der Waals surface area (Å²) in [4.78, 5) is 0. The van der Waals surface area contributed by atoms with Gasteiger partial charge < -0.3 is 9.15 Å². The first-order valence-electron chi connectivity index (χ1n) is 6.08. The highest BCUT2D eigenvalue weighted by Crippen LogP contribution is 2.31. The largest absolute Gasteiger partial charge is 0.493 e. The molecule has 2 aromatic rings. The van der Waals surface area contributed by atoms with Crippen LogP contribution in [-0.4, -0.2) is 16.8 Å². The van der Waals surface area contributed by atoms with E-state index in [-0.39, 0.29) is 5.41 Å². The fourth-order valence-corrected chi connectivity index (χ4v) is 1.56. The van der Waals surface area contributed by atoms with Crippen LogP contribution >= 0.6 is 0 Å². The number of rotatable bonds is 3. The first-order chi connectivity index (χ1) is 8.52. The van der Waals surface area contributed by atoms with Crippen molar-refractivity contribution in [1.82, 2.24) is 10.2 Å². The van der Waals surface area contributed by atoms with Gasteiger partial charge in [0, 0.05) is 5.41 Å². The van der Waals surface area contributed by atoms with Gasteiger partial charge in [-0.05, 0) is 19.1 Å². The third kappa shape index (κ3) is 2.53. The van der Waals surface area contributed by atoms with Crippen LogP contribution in [0.2, 0.25) is 0 Å². The van der Waals surface area contributed by atoms with E-state index in [4.69, 9.17) is 9.15 Å². The Morgan fingerprint density at radius 3 is 2.50 bits per heavy atom. The number of nitrogens with zero attached hydrogens (tertiary/aromatic N) is 2. The van der Waals surface area contributed by atoms with E-state index in [9.17, 15) is 0 Å². The Kier molecular flexibility index (Phi) is 3.36. The van der Waals surface area contributed by atoms with E-state index in [1.807, 2.05) is 52.0 Å². The van der Waals surface area contributed by atoms with Crippen LogP contribution in [0.25, 0.3) is 11.5 Å². The topological polar surface area (TPSA) is 48.2 Å². The summed E-state index contributed by atoms with van der Waals surface area (Å²) in [6.45, 7) is 8.68. The average molecular weight is 246 g/mol. The molecule has 0 aliphatic heterocycles. The molecule has 0 radical (unpaired) electrons. The number of aromatic nitrogens is 2. The van der Waals surface area contributed by atoms with Gasteiger partial charge in [0.1, 0.15) is 5.75 Å². The van der Waals surface area contributed by atoms with Crippen LogP contribution in [0.5, 0.6) is 5.75 Å². The molecular formula is C14H18N2O2. The fourth-order valence-electron chi connectivity index (χ4n) is 1.56. The lowest BCUT2D eigenvalue weighted by atomic mass is 9.97. The zero-order valence-corrected chi connectivity index (χ0v) is 11.2. The lowest BCUT2D eigenvalue weighted by Gasteiger charge is -2.11. The number of benzene rings is 1. The second kappa shape index (κ2) is 4.80. The zero-order chi connectivity index (χ0) is 13.2. The Morgan fingerprint density at radius 2 is 1.89 bits per heavy atom. The van der Waals surface area contributed by atoms with Crippen molar-refractivity contribution >= 4 is 0 Å². The van der Waals surface area contributed by atoms with Gasteiger partial charge in [0.2, 0.25) is 5.89 Å². The van der Waals surface area contributed by atoms with Gasteiger partial charge in [0.15, 0.2) is 0 Å². The van der Waals surface area contributed by atoms with Crippen LogP contribution in [0.1, 0.15) is 33.6 Å². The van der Waals surface area contributed by atoms with Gasteiger partial charge in [-0.3, -0.25) is 0 Å². The molecule has 1 heterocycles. The Labute approximate surface area is 107 Å². The summed E-state index contributed by atoms with van der Waals surface area (Å²) < 4.78 is 11.3. The second-order valence-corrected chi connectivity index (χ2v) is 5.09. The Balaban J connectivity index is 2.40. The molecule has 96 valence electrons. The predicted octanol–water partition coefficient (Wildman–Crippen LogP) is 3.43. The molecule has 0 amide bonds. The van der Waals surface area contributed by atoms with Gasteiger partial charge in [-0.15, -0.1) is 10.2 Å². The highest BCUT2D eigenvalue weighted by molar-refractivity contribution is 5.62. The number of ether oxygens (including phenoxy) is 1. The minimum absolute atomic E-state index is 0.147. The quantitative estimate of drug-likeness (QED) is 0.832. The van der Waals surface area contributed by atoms with E-state index < -0.39 is 0 Å². The van der Waals surface area contributed by atoms with E-state index in [0.29, 0.717) is 18.4 Å².